The summed E-state index contributed by atoms with van der Waals surface area (Å²) in [5, 5.41) is 10.0. The molecule has 0 aromatic carbocycles. The third-order valence-electron chi connectivity index (χ3n) is 3.35. The maximum Gasteiger partial charge on any atom is 0.0820 e. The lowest BCUT2D eigenvalue weighted by Gasteiger charge is -2.37. The van der Waals surface area contributed by atoms with Gasteiger partial charge in [0.25, 0.3) is 0 Å². The van der Waals surface area contributed by atoms with E-state index in [2.05, 4.69) is 20.8 Å². The number of alkyl halides is 1. The van der Waals surface area contributed by atoms with Gasteiger partial charge in [-0.05, 0) is 38.8 Å². The van der Waals surface area contributed by atoms with Crippen LogP contribution in [0, 0.1) is 0 Å². The standard InChI is InChI=1S/C10H18BrNO/c11-8-4-3-5-9(10(8)13)12-6-1-2-7-12/h8-10,13H,1-7H2/t8-,9-,10-/m1/s1. The smallest absolute Gasteiger partial charge is 0.0820 e. The molecule has 0 aromatic rings. The summed E-state index contributed by atoms with van der Waals surface area (Å²) in [5.41, 5.74) is 0. The Labute approximate surface area is 88.4 Å². The van der Waals surface area contributed by atoms with Crippen LogP contribution in [-0.2, 0) is 0 Å². The van der Waals surface area contributed by atoms with Crippen LogP contribution in [0.1, 0.15) is 32.1 Å². The molecule has 0 radical (unpaired) electrons. The first kappa shape index (κ1) is 9.94. The summed E-state index contributed by atoms with van der Waals surface area (Å²) in [7, 11) is 0. The molecule has 1 aliphatic carbocycles. The Morgan fingerprint density at radius 2 is 1.77 bits per heavy atom. The van der Waals surface area contributed by atoms with Gasteiger partial charge in [0.05, 0.1) is 6.10 Å². The predicted octanol–water partition coefficient (Wildman–Crippen LogP) is 1.76. The molecule has 1 saturated heterocycles. The zero-order valence-electron chi connectivity index (χ0n) is 7.95. The first-order chi connectivity index (χ1) is 6.29. The monoisotopic (exact) mass is 247 g/mol. The van der Waals surface area contributed by atoms with E-state index in [9.17, 15) is 5.11 Å². The summed E-state index contributed by atoms with van der Waals surface area (Å²) in [5.74, 6) is 0. The van der Waals surface area contributed by atoms with E-state index in [0.29, 0.717) is 10.9 Å². The van der Waals surface area contributed by atoms with Crippen molar-refractivity contribution in [2.24, 2.45) is 0 Å². The molecule has 2 rings (SSSR count). The van der Waals surface area contributed by atoms with Gasteiger partial charge in [-0.15, -0.1) is 0 Å². The summed E-state index contributed by atoms with van der Waals surface area (Å²) in [6, 6.07) is 0.431. The van der Waals surface area contributed by atoms with Crippen molar-refractivity contribution in [3.8, 4) is 0 Å². The molecule has 0 aromatic heterocycles. The predicted molar refractivity (Wildman–Crippen MR) is 57.2 cm³/mol. The summed E-state index contributed by atoms with van der Waals surface area (Å²) < 4.78 is 0. The lowest BCUT2D eigenvalue weighted by Crippen LogP contribution is -2.48. The van der Waals surface area contributed by atoms with Crippen LogP contribution < -0.4 is 0 Å². The summed E-state index contributed by atoms with van der Waals surface area (Å²) in [4.78, 5) is 2.80. The number of aliphatic hydroxyl groups excluding tert-OH is 1. The molecular weight excluding hydrogens is 230 g/mol. The van der Waals surface area contributed by atoms with E-state index in [1.165, 1.54) is 38.8 Å². The van der Waals surface area contributed by atoms with Crippen LogP contribution in [0.3, 0.4) is 0 Å². The number of likely N-dealkylation sites (tertiary alicyclic amines) is 1. The van der Waals surface area contributed by atoms with Gasteiger partial charge in [0.1, 0.15) is 0 Å². The number of hydrogen-bond acceptors (Lipinski definition) is 2. The minimum atomic E-state index is -0.146. The molecule has 2 aliphatic rings. The highest BCUT2D eigenvalue weighted by Crippen LogP contribution is 2.29. The summed E-state index contributed by atoms with van der Waals surface area (Å²) in [6.07, 6.45) is 6.06. The SMILES string of the molecule is O[C@@H]1[C@H](Br)CCC[C@H]1N1CCCC1. The zero-order valence-corrected chi connectivity index (χ0v) is 9.54. The highest BCUT2D eigenvalue weighted by atomic mass is 79.9. The third kappa shape index (κ3) is 2.08. The van der Waals surface area contributed by atoms with E-state index in [-0.39, 0.29) is 6.10 Å². The van der Waals surface area contributed by atoms with Crippen LogP contribution in [0.2, 0.25) is 0 Å². The van der Waals surface area contributed by atoms with E-state index in [4.69, 9.17) is 0 Å². The van der Waals surface area contributed by atoms with Gasteiger partial charge in [-0.3, -0.25) is 4.90 Å². The first-order valence-electron chi connectivity index (χ1n) is 5.35. The molecule has 13 heavy (non-hydrogen) atoms. The van der Waals surface area contributed by atoms with Gasteiger partial charge >= 0.3 is 0 Å². The molecule has 0 unspecified atom stereocenters. The second kappa shape index (κ2) is 4.28. The molecule has 1 saturated carbocycles. The minimum absolute atomic E-state index is 0.146. The Morgan fingerprint density at radius 3 is 2.46 bits per heavy atom. The van der Waals surface area contributed by atoms with Gasteiger partial charge in [0.2, 0.25) is 0 Å². The number of rotatable bonds is 1. The van der Waals surface area contributed by atoms with Crippen molar-refractivity contribution in [3.63, 3.8) is 0 Å². The van der Waals surface area contributed by atoms with Gasteiger partial charge < -0.3 is 5.11 Å². The second-order valence-electron chi connectivity index (χ2n) is 4.25. The molecular formula is C10H18BrNO. The number of nitrogens with zero attached hydrogens (tertiary/aromatic N) is 1. The summed E-state index contributed by atoms with van der Waals surface area (Å²) >= 11 is 3.56. The van der Waals surface area contributed by atoms with Crippen LogP contribution in [0.15, 0.2) is 0 Å². The highest BCUT2D eigenvalue weighted by Gasteiger charge is 2.34. The summed E-state index contributed by atoms with van der Waals surface area (Å²) in [6.45, 7) is 2.39. The van der Waals surface area contributed by atoms with Crippen molar-refractivity contribution >= 4 is 15.9 Å². The molecule has 1 aliphatic heterocycles. The maximum absolute atomic E-state index is 10.0. The van der Waals surface area contributed by atoms with Crippen LogP contribution in [-0.4, -0.2) is 40.1 Å². The van der Waals surface area contributed by atoms with E-state index in [1.54, 1.807) is 0 Å². The van der Waals surface area contributed by atoms with Gasteiger partial charge in [-0.25, -0.2) is 0 Å². The quantitative estimate of drug-likeness (QED) is 0.715. The van der Waals surface area contributed by atoms with Gasteiger partial charge in [-0.2, -0.15) is 0 Å². The molecule has 1 N–H and O–H groups in total. The van der Waals surface area contributed by atoms with E-state index >= 15 is 0 Å². The van der Waals surface area contributed by atoms with Crippen LogP contribution >= 0.6 is 15.9 Å². The van der Waals surface area contributed by atoms with Gasteiger partial charge in [0.15, 0.2) is 0 Å². The third-order valence-corrected chi connectivity index (χ3v) is 4.35. The van der Waals surface area contributed by atoms with Gasteiger partial charge in [-0.1, -0.05) is 22.4 Å². The van der Waals surface area contributed by atoms with E-state index in [1.807, 2.05) is 0 Å². The molecule has 2 fully saturated rings. The molecule has 0 bridgehead atoms. The fourth-order valence-corrected chi connectivity index (χ4v) is 3.25. The first-order valence-corrected chi connectivity index (χ1v) is 6.27. The van der Waals surface area contributed by atoms with Crippen molar-refractivity contribution in [3.05, 3.63) is 0 Å². The Morgan fingerprint density at radius 1 is 1.08 bits per heavy atom. The van der Waals surface area contributed by atoms with Crippen molar-refractivity contribution in [1.82, 2.24) is 4.90 Å². The number of halogens is 1. The molecule has 3 atom stereocenters. The average molecular weight is 248 g/mol. The topological polar surface area (TPSA) is 23.5 Å². The molecule has 0 amide bonds. The zero-order chi connectivity index (χ0) is 9.26. The van der Waals surface area contributed by atoms with Crippen LogP contribution in [0.5, 0.6) is 0 Å². The second-order valence-corrected chi connectivity index (χ2v) is 5.42. The maximum atomic E-state index is 10.0. The molecule has 2 nitrogen and oxygen atoms in total. The Bertz CT molecular complexity index is 168. The molecule has 76 valence electrons. The highest BCUT2D eigenvalue weighted by molar-refractivity contribution is 9.09. The lowest BCUT2D eigenvalue weighted by atomic mass is 9.91. The van der Waals surface area contributed by atoms with E-state index < -0.39 is 0 Å². The Balaban J connectivity index is 1.95. The Hall–Kier alpha value is 0.400. The minimum Gasteiger partial charge on any atom is -0.390 e. The normalized spacial score (nSPS) is 42.5. The van der Waals surface area contributed by atoms with Crippen LogP contribution in [0.25, 0.3) is 0 Å². The lowest BCUT2D eigenvalue weighted by molar-refractivity contribution is 0.0374. The number of aliphatic hydroxyl groups is 1. The fraction of sp³-hybridized carbons (Fsp3) is 1.00. The average Bonchev–Trinajstić information content (AvgIpc) is 2.62. The molecule has 0 spiro atoms. The van der Waals surface area contributed by atoms with Crippen molar-refractivity contribution in [2.75, 3.05) is 13.1 Å². The number of hydrogen-bond donors (Lipinski definition) is 1. The van der Waals surface area contributed by atoms with Gasteiger partial charge in [0, 0.05) is 10.9 Å². The van der Waals surface area contributed by atoms with E-state index in [0.717, 1.165) is 6.42 Å². The van der Waals surface area contributed by atoms with Crippen molar-refractivity contribution in [1.29, 1.82) is 0 Å². The fourth-order valence-electron chi connectivity index (χ4n) is 2.58. The van der Waals surface area contributed by atoms with Crippen LogP contribution in [0.4, 0.5) is 0 Å². The molecule has 1 heterocycles. The van der Waals surface area contributed by atoms with Crippen molar-refractivity contribution < 1.29 is 5.11 Å². The Kier molecular flexibility index (Phi) is 3.27. The molecule has 3 heteroatoms. The van der Waals surface area contributed by atoms with Crippen molar-refractivity contribution in [2.45, 2.75) is 49.1 Å². The largest absolute Gasteiger partial charge is 0.390 e.